The average molecular weight is 319 g/mol. The first-order chi connectivity index (χ1) is 9.63. The zero-order valence-corrected chi connectivity index (χ0v) is 12.8. The normalized spacial score (nSPS) is 17.2. The van der Waals surface area contributed by atoms with Crippen molar-refractivity contribution in [3.05, 3.63) is 17.0 Å². The number of sulfonamides is 1. The molecule has 20 heavy (non-hydrogen) atoms. The van der Waals surface area contributed by atoms with Crippen LogP contribution in [0.25, 0.3) is 0 Å². The number of ether oxygens (including phenoxy) is 1. The molecule has 1 aromatic rings. The molecule has 1 aromatic heterocycles. The van der Waals surface area contributed by atoms with Crippen LogP contribution in [0.3, 0.4) is 0 Å². The Kier molecular flexibility index (Phi) is 5.67. The summed E-state index contributed by atoms with van der Waals surface area (Å²) in [5.74, 6) is 0. The van der Waals surface area contributed by atoms with Crippen molar-refractivity contribution in [1.82, 2.24) is 9.62 Å². The zero-order chi connectivity index (χ0) is 14.4. The van der Waals surface area contributed by atoms with Gasteiger partial charge in [-0.15, -0.1) is 11.3 Å². The van der Waals surface area contributed by atoms with Crippen LogP contribution < -0.4 is 4.72 Å². The predicted octanol–water partition coefficient (Wildman–Crippen LogP) is 0.223. The molecule has 0 unspecified atom stereocenters. The molecule has 8 heteroatoms. The van der Waals surface area contributed by atoms with Crippen LogP contribution in [0.15, 0.2) is 15.7 Å². The molecule has 0 aliphatic carbocycles. The Balaban J connectivity index is 1.89. The number of morpholine rings is 1. The van der Waals surface area contributed by atoms with Crippen molar-refractivity contribution in [2.75, 3.05) is 39.4 Å². The van der Waals surface area contributed by atoms with Crippen molar-refractivity contribution < 1.29 is 17.6 Å². The van der Waals surface area contributed by atoms with Crippen LogP contribution in [0, 0.1) is 0 Å². The SMILES string of the molecule is C=[O+]Cc1ccsc1S(=O)(=O)NCCN1CCOCC1. The van der Waals surface area contributed by atoms with E-state index in [1.54, 1.807) is 11.4 Å². The highest BCUT2D eigenvalue weighted by Crippen LogP contribution is 2.22. The Morgan fingerprint density at radius 1 is 1.45 bits per heavy atom. The molecule has 0 amide bonds. The van der Waals surface area contributed by atoms with E-state index in [0.29, 0.717) is 36.1 Å². The van der Waals surface area contributed by atoms with Gasteiger partial charge in [-0.25, -0.2) is 13.1 Å². The first kappa shape index (κ1) is 15.6. The fraction of sp³-hybridized carbons (Fsp3) is 0.583. The molecule has 1 saturated heterocycles. The third kappa shape index (κ3) is 4.10. The van der Waals surface area contributed by atoms with Crippen molar-refractivity contribution in [3.63, 3.8) is 0 Å². The number of nitrogens with one attached hydrogen (secondary N) is 1. The Hall–Kier alpha value is -0.800. The Morgan fingerprint density at radius 3 is 2.90 bits per heavy atom. The standard InChI is InChI=1S/C12H19N2O4S2/c1-17-10-11-2-9-19-12(11)20(15,16)13-3-4-14-5-7-18-8-6-14/h2,9,13H,1,3-8,10H2/q+1. The van der Waals surface area contributed by atoms with Crippen LogP contribution in [-0.2, 0) is 25.8 Å². The number of hydrogen-bond donors (Lipinski definition) is 1. The molecule has 1 aliphatic rings. The maximum Gasteiger partial charge on any atom is 0.289 e. The van der Waals surface area contributed by atoms with Crippen LogP contribution in [0.5, 0.6) is 0 Å². The summed E-state index contributed by atoms with van der Waals surface area (Å²) in [6.07, 6.45) is 0. The maximum atomic E-state index is 12.2. The van der Waals surface area contributed by atoms with E-state index in [9.17, 15) is 8.42 Å². The second kappa shape index (κ2) is 7.28. The summed E-state index contributed by atoms with van der Waals surface area (Å²) in [7, 11) is -3.47. The molecule has 112 valence electrons. The Bertz CT molecular complexity index is 535. The number of thiophene rings is 1. The summed E-state index contributed by atoms with van der Waals surface area (Å²) in [5.41, 5.74) is 0.642. The largest absolute Gasteiger partial charge is 0.379 e. The van der Waals surface area contributed by atoms with Crippen LogP contribution in [0.2, 0.25) is 0 Å². The molecule has 0 radical (unpaired) electrons. The van der Waals surface area contributed by atoms with Crippen LogP contribution >= 0.6 is 11.3 Å². The van der Waals surface area contributed by atoms with Gasteiger partial charge in [-0.3, -0.25) is 9.32 Å². The number of rotatable bonds is 7. The molecule has 2 rings (SSSR count). The molecule has 0 bridgehead atoms. The van der Waals surface area contributed by atoms with Crippen molar-refractivity contribution in [2.24, 2.45) is 0 Å². The molecule has 0 saturated carbocycles. The summed E-state index contributed by atoms with van der Waals surface area (Å²) >= 11 is 1.19. The first-order valence-electron chi connectivity index (χ1n) is 6.36. The number of carbonyl (C=O) groups excluding carboxylic acids is 1. The van der Waals surface area contributed by atoms with E-state index in [4.69, 9.17) is 9.16 Å². The van der Waals surface area contributed by atoms with Crippen molar-refractivity contribution in [3.8, 4) is 0 Å². The van der Waals surface area contributed by atoms with Gasteiger partial charge in [0, 0.05) is 26.2 Å². The number of nitrogens with zero attached hydrogens (tertiary/aromatic N) is 1. The van der Waals surface area contributed by atoms with E-state index in [-0.39, 0.29) is 6.61 Å². The Labute approximate surface area is 123 Å². The third-order valence-electron chi connectivity index (χ3n) is 3.03. The highest BCUT2D eigenvalue weighted by Gasteiger charge is 2.22. The van der Waals surface area contributed by atoms with Crippen molar-refractivity contribution >= 4 is 28.1 Å². The van der Waals surface area contributed by atoms with Gasteiger partial charge >= 0.3 is 0 Å². The molecular weight excluding hydrogens is 300 g/mol. The summed E-state index contributed by atoms with van der Waals surface area (Å²) in [6, 6.07) is 1.74. The van der Waals surface area contributed by atoms with Gasteiger partial charge in [-0.1, -0.05) is 0 Å². The Morgan fingerprint density at radius 2 is 2.20 bits per heavy atom. The highest BCUT2D eigenvalue weighted by atomic mass is 32.2. The minimum Gasteiger partial charge on any atom is -0.379 e. The summed E-state index contributed by atoms with van der Waals surface area (Å²) < 4.78 is 37.4. The van der Waals surface area contributed by atoms with Crippen molar-refractivity contribution in [1.29, 1.82) is 0 Å². The van der Waals surface area contributed by atoms with E-state index in [2.05, 4.69) is 16.4 Å². The fourth-order valence-corrected chi connectivity index (χ4v) is 4.45. The van der Waals surface area contributed by atoms with Gasteiger partial charge in [0.15, 0.2) is 0 Å². The molecule has 1 fully saturated rings. The van der Waals surface area contributed by atoms with E-state index in [1.807, 2.05) is 0 Å². The second-order valence-electron chi connectivity index (χ2n) is 4.43. The van der Waals surface area contributed by atoms with Crippen LogP contribution in [0.1, 0.15) is 5.56 Å². The van der Waals surface area contributed by atoms with Gasteiger partial charge in [0.2, 0.25) is 0 Å². The minimum absolute atomic E-state index is 0.198. The summed E-state index contributed by atoms with van der Waals surface area (Å²) in [6.45, 7) is 7.68. The van der Waals surface area contributed by atoms with Gasteiger partial charge in [0.25, 0.3) is 23.4 Å². The maximum absolute atomic E-state index is 12.2. The average Bonchev–Trinajstić information content (AvgIpc) is 2.89. The zero-order valence-electron chi connectivity index (χ0n) is 11.2. The van der Waals surface area contributed by atoms with Crippen LogP contribution in [-0.4, -0.2) is 59.5 Å². The summed E-state index contributed by atoms with van der Waals surface area (Å²) in [4.78, 5) is 2.18. The monoisotopic (exact) mass is 319 g/mol. The van der Waals surface area contributed by atoms with E-state index in [1.165, 1.54) is 11.3 Å². The van der Waals surface area contributed by atoms with Crippen LogP contribution in [0.4, 0.5) is 0 Å². The number of hydrogen-bond acceptors (Lipinski definition) is 5. The smallest absolute Gasteiger partial charge is 0.289 e. The summed E-state index contributed by atoms with van der Waals surface area (Å²) in [5, 5.41) is 1.74. The van der Waals surface area contributed by atoms with Gasteiger partial charge in [-0.2, -0.15) is 0 Å². The minimum atomic E-state index is -3.47. The van der Waals surface area contributed by atoms with E-state index in [0.717, 1.165) is 13.1 Å². The van der Waals surface area contributed by atoms with E-state index < -0.39 is 10.0 Å². The lowest BCUT2D eigenvalue weighted by Crippen LogP contribution is -2.41. The lowest BCUT2D eigenvalue weighted by molar-refractivity contribution is -0.465. The molecule has 1 N–H and O–H groups in total. The molecule has 1 aliphatic heterocycles. The molecule has 2 heterocycles. The molecule has 0 spiro atoms. The lowest BCUT2D eigenvalue weighted by atomic mass is 10.4. The fourth-order valence-electron chi connectivity index (χ4n) is 2.00. The van der Waals surface area contributed by atoms with Gasteiger partial charge < -0.3 is 4.74 Å². The first-order valence-corrected chi connectivity index (χ1v) is 8.73. The molecule has 0 aromatic carbocycles. The quantitative estimate of drug-likeness (QED) is 0.730. The lowest BCUT2D eigenvalue weighted by Gasteiger charge is -2.26. The second-order valence-corrected chi connectivity index (χ2v) is 7.31. The molecule has 0 atom stereocenters. The predicted molar refractivity (Wildman–Crippen MR) is 77.6 cm³/mol. The van der Waals surface area contributed by atoms with Gasteiger partial charge in [0.1, 0.15) is 4.21 Å². The van der Waals surface area contributed by atoms with Gasteiger partial charge in [-0.05, 0) is 11.4 Å². The third-order valence-corrected chi connectivity index (χ3v) is 6.06. The molecular formula is C12H19N2O4S2+. The topological polar surface area (TPSA) is 69.9 Å². The van der Waals surface area contributed by atoms with Gasteiger partial charge in [0.05, 0.1) is 18.8 Å². The van der Waals surface area contributed by atoms with E-state index >= 15 is 0 Å². The molecule has 6 nitrogen and oxygen atoms in total. The van der Waals surface area contributed by atoms with Crippen molar-refractivity contribution in [2.45, 2.75) is 10.8 Å². The highest BCUT2D eigenvalue weighted by molar-refractivity contribution is 7.91.